The first-order valence-corrected chi connectivity index (χ1v) is 13.5. The average molecular weight is 503 g/mol. The highest BCUT2D eigenvalue weighted by atomic mass is 32.2. The molecule has 6 heteroatoms. The van der Waals surface area contributed by atoms with Gasteiger partial charge in [-0.1, -0.05) is 36.8 Å². The number of benzene rings is 3. The number of fused-ring (bicyclic) bond motifs is 1. The Balaban J connectivity index is 1.44. The van der Waals surface area contributed by atoms with Gasteiger partial charge in [-0.15, -0.1) is 11.8 Å². The molecule has 0 saturated carbocycles. The maximum Gasteiger partial charge on any atom is 0.119 e. The number of methoxy groups -OCH3 is 2. The summed E-state index contributed by atoms with van der Waals surface area (Å²) in [7, 11) is 3.37. The Labute approximate surface area is 218 Å². The number of piperidine rings is 1. The quantitative estimate of drug-likeness (QED) is 0.346. The van der Waals surface area contributed by atoms with Crippen LogP contribution in [0.4, 0.5) is 0 Å². The first-order chi connectivity index (χ1) is 17.7. The van der Waals surface area contributed by atoms with Gasteiger partial charge in [-0.25, -0.2) is 0 Å². The number of thioether (sulfide) groups is 1. The molecule has 0 amide bonds. The standard InChI is InChI=1S/C30H34N2O3S/c1-33-24-10-6-22(7-11-24)29-30(21-31,27-15-14-26(34-2)20-28(27)36-29)23-8-12-25(13-9-23)35-19-18-32-16-4-3-5-17-32/h6-15,20-21,29,31H,3-5,16-19H2,1-2H3. The van der Waals surface area contributed by atoms with Crippen LogP contribution in [-0.4, -0.2) is 51.6 Å². The van der Waals surface area contributed by atoms with Crippen LogP contribution >= 0.6 is 11.8 Å². The van der Waals surface area contributed by atoms with Crippen LogP contribution in [0.1, 0.15) is 41.2 Å². The molecule has 0 aromatic heterocycles. The zero-order valence-electron chi connectivity index (χ0n) is 21.0. The Morgan fingerprint density at radius 2 is 1.56 bits per heavy atom. The molecule has 2 heterocycles. The van der Waals surface area contributed by atoms with E-state index in [9.17, 15) is 0 Å². The third kappa shape index (κ3) is 4.72. The van der Waals surface area contributed by atoms with Crippen molar-refractivity contribution in [3.05, 3.63) is 83.4 Å². The molecule has 2 aliphatic rings. The lowest BCUT2D eigenvalue weighted by Crippen LogP contribution is -2.33. The fourth-order valence-electron chi connectivity index (χ4n) is 5.39. The Hall–Kier alpha value is -2.96. The Morgan fingerprint density at radius 1 is 0.889 bits per heavy atom. The van der Waals surface area contributed by atoms with E-state index < -0.39 is 5.41 Å². The van der Waals surface area contributed by atoms with E-state index in [2.05, 4.69) is 41.3 Å². The highest BCUT2D eigenvalue weighted by molar-refractivity contribution is 8.00. The number of nitrogens with one attached hydrogen (secondary N) is 1. The predicted octanol–water partition coefficient (Wildman–Crippen LogP) is 6.35. The molecule has 2 atom stereocenters. The molecule has 0 aliphatic carbocycles. The van der Waals surface area contributed by atoms with E-state index in [0.29, 0.717) is 6.61 Å². The van der Waals surface area contributed by atoms with Crippen molar-refractivity contribution in [2.75, 3.05) is 40.5 Å². The van der Waals surface area contributed by atoms with Crippen molar-refractivity contribution in [2.24, 2.45) is 0 Å². The van der Waals surface area contributed by atoms with Gasteiger partial charge in [0.25, 0.3) is 0 Å². The zero-order chi connectivity index (χ0) is 25.0. The van der Waals surface area contributed by atoms with E-state index in [1.807, 2.05) is 30.3 Å². The van der Waals surface area contributed by atoms with Crippen LogP contribution in [0.15, 0.2) is 71.6 Å². The molecular formula is C30H34N2O3S. The van der Waals surface area contributed by atoms with Crippen LogP contribution in [0.2, 0.25) is 0 Å². The van der Waals surface area contributed by atoms with Crippen molar-refractivity contribution in [3.63, 3.8) is 0 Å². The van der Waals surface area contributed by atoms with Crippen LogP contribution in [-0.2, 0) is 5.41 Å². The van der Waals surface area contributed by atoms with Crippen LogP contribution in [0.5, 0.6) is 17.2 Å². The normalized spacial score (nSPS) is 21.6. The van der Waals surface area contributed by atoms with Crippen molar-refractivity contribution in [2.45, 2.75) is 34.8 Å². The number of hydrogen-bond donors (Lipinski definition) is 1. The second kappa shape index (κ2) is 11.0. The van der Waals surface area contributed by atoms with Crippen molar-refractivity contribution in [1.29, 1.82) is 5.41 Å². The van der Waals surface area contributed by atoms with Gasteiger partial charge in [0.2, 0.25) is 0 Å². The van der Waals surface area contributed by atoms with Crippen LogP contribution in [0, 0.1) is 5.41 Å². The second-order valence-corrected chi connectivity index (χ2v) is 10.6. The van der Waals surface area contributed by atoms with Gasteiger partial charge < -0.3 is 19.6 Å². The lowest BCUT2D eigenvalue weighted by molar-refractivity contribution is 0.183. The highest BCUT2D eigenvalue weighted by Gasteiger charge is 2.48. The zero-order valence-corrected chi connectivity index (χ0v) is 21.9. The van der Waals surface area contributed by atoms with E-state index in [0.717, 1.165) is 45.4 Å². The largest absolute Gasteiger partial charge is 0.497 e. The molecule has 188 valence electrons. The van der Waals surface area contributed by atoms with Gasteiger partial charge >= 0.3 is 0 Å². The molecule has 1 N–H and O–H groups in total. The molecule has 5 nitrogen and oxygen atoms in total. The second-order valence-electron chi connectivity index (χ2n) is 9.42. The molecule has 3 aromatic carbocycles. The summed E-state index contributed by atoms with van der Waals surface area (Å²) in [6, 6.07) is 22.7. The average Bonchev–Trinajstić information content (AvgIpc) is 3.28. The van der Waals surface area contributed by atoms with Gasteiger partial charge in [-0.2, -0.15) is 0 Å². The minimum atomic E-state index is -0.604. The van der Waals surface area contributed by atoms with Crippen molar-refractivity contribution in [1.82, 2.24) is 4.90 Å². The lowest BCUT2D eigenvalue weighted by Gasteiger charge is -2.33. The summed E-state index contributed by atoms with van der Waals surface area (Å²) < 4.78 is 17.0. The van der Waals surface area contributed by atoms with Gasteiger partial charge in [0, 0.05) is 17.7 Å². The van der Waals surface area contributed by atoms with Crippen LogP contribution in [0.3, 0.4) is 0 Å². The number of likely N-dealkylation sites (tertiary alicyclic amines) is 1. The number of rotatable bonds is 9. The first-order valence-electron chi connectivity index (χ1n) is 12.6. The van der Waals surface area contributed by atoms with Gasteiger partial charge in [-0.05, 0) is 79.0 Å². The first kappa shape index (κ1) is 24.7. The summed E-state index contributed by atoms with van der Waals surface area (Å²) >= 11 is 1.78. The predicted molar refractivity (Wildman–Crippen MR) is 146 cm³/mol. The lowest BCUT2D eigenvalue weighted by atomic mass is 9.71. The third-order valence-corrected chi connectivity index (χ3v) is 8.87. The minimum Gasteiger partial charge on any atom is -0.497 e. The Kier molecular flexibility index (Phi) is 7.54. The van der Waals surface area contributed by atoms with E-state index in [1.54, 1.807) is 32.2 Å². The summed E-state index contributed by atoms with van der Waals surface area (Å²) in [4.78, 5) is 3.63. The van der Waals surface area contributed by atoms with Crippen LogP contribution in [0.25, 0.3) is 0 Å². The van der Waals surface area contributed by atoms with Crippen molar-refractivity contribution in [3.8, 4) is 17.2 Å². The summed E-state index contributed by atoms with van der Waals surface area (Å²) in [5.74, 6) is 2.53. The van der Waals surface area contributed by atoms with E-state index in [-0.39, 0.29) is 5.25 Å². The molecule has 0 bridgehead atoms. The summed E-state index contributed by atoms with van der Waals surface area (Å²) in [5.41, 5.74) is 2.76. The number of hydrogen-bond acceptors (Lipinski definition) is 6. The van der Waals surface area contributed by atoms with Gasteiger partial charge in [0.15, 0.2) is 0 Å². The van der Waals surface area contributed by atoms with Gasteiger partial charge in [0.1, 0.15) is 23.9 Å². The maximum atomic E-state index is 8.72. The molecule has 2 unspecified atom stereocenters. The summed E-state index contributed by atoms with van der Waals surface area (Å²) in [5, 5.41) is 8.73. The monoisotopic (exact) mass is 502 g/mol. The van der Waals surface area contributed by atoms with Crippen molar-refractivity contribution < 1.29 is 14.2 Å². The molecule has 3 aromatic rings. The summed E-state index contributed by atoms with van der Waals surface area (Å²) in [6.07, 6.45) is 5.54. The molecule has 0 spiro atoms. The fourth-order valence-corrected chi connectivity index (χ4v) is 7.00. The van der Waals surface area contributed by atoms with Crippen molar-refractivity contribution >= 4 is 18.0 Å². The summed E-state index contributed by atoms with van der Waals surface area (Å²) in [6.45, 7) is 4.02. The molecule has 2 aliphatic heterocycles. The topological polar surface area (TPSA) is 54.8 Å². The third-order valence-electron chi connectivity index (χ3n) is 7.40. The minimum absolute atomic E-state index is 0.00822. The molecule has 36 heavy (non-hydrogen) atoms. The van der Waals surface area contributed by atoms with Gasteiger partial charge in [0.05, 0.1) is 24.9 Å². The van der Waals surface area contributed by atoms with E-state index >= 15 is 0 Å². The molecular weight excluding hydrogens is 468 g/mol. The van der Waals surface area contributed by atoms with E-state index in [1.165, 1.54) is 32.4 Å². The molecule has 1 fully saturated rings. The smallest absolute Gasteiger partial charge is 0.119 e. The molecule has 5 rings (SSSR count). The number of ether oxygens (including phenoxy) is 3. The molecule has 1 saturated heterocycles. The fraction of sp³-hybridized carbons (Fsp3) is 0.367. The van der Waals surface area contributed by atoms with E-state index in [4.69, 9.17) is 19.6 Å². The Morgan fingerprint density at radius 3 is 2.22 bits per heavy atom. The number of nitrogens with zero attached hydrogens (tertiary/aromatic N) is 1. The Bertz CT molecular complexity index is 1180. The molecule has 0 radical (unpaired) electrons. The SMILES string of the molecule is COc1ccc(C2Sc3cc(OC)ccc3C2(C=N)c2ccc(OCCN3CCCCC3)cc2)cc1. The van der Waals surface area contributed by atoms with Gasteiger partial charge in [-0.3, -0.25) is 4.90 Å². The maximum absolute atomic E-state index is 8.72. The highest BCUT2D eigenvalue weighted by Crippen LogP contribution is 2.60. The van der Waals surface area contributed by atoms with Crippen LogP contribution < -0.4 is 14.2 Å².